The smallest absolute Gasteiger partial charge is 0.323 e. The van der Waals surface area contributed by atoms with Gasteiger partial charge < -0.3 is 14.9 Å². The first-order valence-corrected chi connectivity index (χ1v) is 7.60. The fraction of sp³-hybridized carbons (Fsp3) is 0.353. The number of nitrogens with zero attached hydrogens (tertiary/aromatic N) is 2. The van der Waals surface area contributed by atoms with Crippen LogP contribution >= 0.6 is 0 Å². The molecule has 1 aromatic rings. The van der Waals surface area contributed by atoms with Gasteiger partial charge in [0.1, 0.15) is 6.54 Å². The molecule has 1 aliphatic rings. The Balaban J connectivity index is 2.01. The van der Waals surface area contributed by atoms with Crippen molar-refractivity contribution in [1.29, 1.82) is 0 Å². The maximum Gasteiger partial charge on any atom is 0.323 e. The topological polar surface area (TPSA) is 77.9 Å². The third kappa shape index (κ3) is 4.42. The number of carboxylic acid groups (broad SMARTS) is 1. The van der Waals surface area contributed by atoms with Crippen LogP contribution in [0.5, 0.6) is 0 Å². The van der Waals surface area contributed by atoms with Gasteiger partial charge in [0, 0.05) is 31.3 Å². The van der Waals surface area contributed by atoms with Crippen molar-refractivity contribution in [1.82, 2.24) is 4.90 Å². The van der Waals surface area contributed by atoms with Crippen molar-refractivity contribution >= 4 is 29.5 Å². The molecule has 0 atom stereocenters. The lowest BCUT2D eigenvalue weighted by Crippen LogP contribution is -2.34. The second-order valence-corrected chi connectivity index (χ2v) is 5.32. The summed E-state index contributed by atoms with van der Waals surface area (Å²) in [4.78, 5) is 37.3. The number of amides is 2. The first-order valence-electron chi connectivity index (χ1n) is 7.60. The molecular weight excluding hydrogens is 296 g/mol. The number of carbonyl (C=O) groups is 3. The molecular formula is C17H20N2O4. The van der Waals surface area contributed by atoms with Gasteiger partial charge in [-0.25, -0.2) is 0 Å². The molecule has 1 heterocycles. The maximum atomic E-state index is 11.9. The zero-order valence-electron chi connectivity index (χ0n) is 13.1. The summed E-state index contributed by atoms with van der Waals surface area (Å²) < 4.78 is 0. The van der Waals surface area contributed by atoms with Gasteiger partial charge in [0.05, 0.1) is 0 Å². The van der Waals surface area contributed by atoms with Crippen LogP contribution in [0.3, 0.4) is 0 Å². The predicted molar refractivity (Wildman–Crippen MR) is 87.0 cm³/mol. The first-order chi connectivity index (χ1) is 11.0. The molecule has 0 aromatic heterocycles. The number of carboxylic acids is 1. The van der Waals surface area contributed by atoms with Crippen molar-refractivity contribution < 1.29 is 19.5 Å². The van der Waals surface area contributed by atoms with E-state index in [0.717, 1.165) is 24.2 Å². The molecule has 6 nitrogen and oxygen atoms in total. The molecule has 122 valence electrons. The number of benzene rings is 1. The van der Waals surface area contributed by atoms with Gasteiger partial charge >= 0.3 is 5.97 Å². The van der Waals surface area contributed by atoms with Crippen molar-refractivity contribution in [2.75, 3.05) is 24.5 Å². The lowest BCUT2D eigenvalue weighted by molar-refractivity contribution is -0.142. The Hall–Kier alpha value is -2.63. The Morgan fingerprint density at radius 2 is 2.00 bits per heavy atom. The highest BCUT2D eigenvalue weighted by Crippen LogP contribution is 2.21. The van der Waals surface area contributed by atoms with Crippen molar-refractivity contribution in [3.8, 4) is 0 Å². The van der Waals surface area contributed by atoms with Gasteiger partial charge in [0.25, 0.3) is 0 Å². The molecule has 0 aliphatic carbocycles. The van der Waals surface area contributed by atoms with Crippen LogP contribution in [0.1, 0.15) is 25.3 Å². The molecule has 0 saturated carbocycles. The molecule has 6 heteroatoms. The average Bonchev–Trinajstić information content (AvgIpc) is 2.96. The van der Waals surface area contributed by atoms with E-state index >= 15 is 0 Å². The number of likely N-dealkylation sites (N-methyl/N-ethyl adjacent to an activating group) is 1. The maximum absolute atomic E-state index is 11.9. The monoisotopic (exact) mass is 316 g/mol. The van der Waals surface area contributed by atoms with Crippen LogP contribution in [-0.2, 0) is 14.4 Å². The quantitative estimate of drug-likeness (QED) is 0.811. The van der Waals surface area contributed by atoms with E-state index in [1.54, 1.807) is 17.9 Å². The van der Waals surface area contributed by atoms with Gasteiger partial charge in [-0.05, 0) is 37.1 Å². The van der Waals surface area contributed by atoms with Crippen LogP contribution < -0.4 is 4.90 Å². The minimum absolute atomic E-state index is 0.135. The molecule has 0 unspecified atom stereocenters. The molecule has 0 bridgehead atoms. The fourth-order valence-electron chi connectivity index (χ4n) is 2.47. The van der Waals surface area contributed by atoms with Crippen molar-refractivity contribution in [2.45, 2.75) is 19.8 Å². The average molecular weight is 316 g/mol. The number of anilines is 1. The van der Waals surface area contributed by atoms with E-state index < -0.39 is 5.97 Å². The Morgan fingerprint density at radius 1 is 1.30 bits per heavy atom. The SMILES string of the molecule is CCN(CC(=O)O)C(=O)/C=C/c1ccc(N2CCCC2=O)cc1. The largest absolute Gasteiger partial charge is 0.480 e. The number of hydrogen-bond donors (Lipinski definition) is 1. The van der Waals surface area contributed by atoms with Gasteiger partial charge in [-0.1, -0.05) is 12.1 Å². The van der Waals surface area contributed by atoms with Crippen LogP contribution in [0.2, 0.25) is 0 Å². The predicted octanol–water partition coefficient (Wildman–Crippen LogP) is 1.76. The highest BCUT2D eigenvalue weighted by molar-refractivity contribution is 5.96. The fourth-order valence-corrected chi connectivity index (χ4v) is 2.47. The lowest BCUT2D eigenvalue weighted by Gasteiger charge is -2.16. The van der Waals surface area contributed by atoms with E-state index in [1.807, 2.05) is 24.3 Å². The van der Waals surface area contributed by atoms with Gasteiger partial charge in [0.2, 0.25) is 11.8 Å². The zero-order valence-corrected chi connectivity index (χ0v) is 13.1. The summed E-state index contributed by atoms with van der Waals surface area (Å²) in [7, 11) is 0. The van der Waals surface area contributed by atoms with Crippen molar-refractivity contribution in [2.24, 2.45) is 0 Å². The van der Waals surface area contributed by atoms with Crippen LogP contribution in [0, 0.1) is 0 Å². The third-order valence-electron chi connectivity index (χ3n) is 3.72. The summed E-state index contributed by atoms with van der Waals surface area (Å²) in [6.45, 7) is 2.50. The summed E-state index contributed by atoms with van der Waals surface area (Å²) in [5, 5.41) is 8.75. The molecule has 1 aliphatic heterocycles. The van der Waals surface area contributed by atoms with Gasteiger partial charge in [-0.3, -0.25) is 14.4 Å². The zero-order chi connectivity index (χ0) is 16.8. The lowest BCUT2D eigenvalue weighted by atomic mass is 10.2. The first kappa shape index (κ1) is 16.7. The third-order valence-corrected chi connectivity index (χ3v) is 3.72. The number of carbonyl (C=O) groups excluding carboxylic acids is 2. The van der Waals surface area contributed by atoms with Gasteiger partial charge in [-0.2, -0.15) is 0 Å². The molecule has 1 saturated heterocycles. The van der Waals surface area contributed by atoms with Crippen molar-refractivity contribution in [3.63, 3.8) is 0 Å². The Labute approximate surface area is 135 Å². The Kier molecular flexibility index (Phi) is 5.51. The van der Waals surface area contributed by atoms with E-state index in [1.165, 1.54) is 11.0 Å². The van der Waals surface area contributed by atoms with Crippen molar-refractivity contribution in [3.05, 3.63) is 35.9 Å². The van der Waals surface area contributed by atoms with E-state index in [0.29, 0.717) is 13.0 Å². The molecule has 1 fully saturated rings. The number of rotatable bonds is 6. The minimum atomic E-state index is -1.03. The van der Waals surface area contributed by atoms with Gasteiger partial charge in [-0.15, -0.1) is 0 Å². The Bertz CT molecular complexity index is 622. The molecule has 0 spiro atoms. The van der Waals surface area contributed by atoms with Gasteiger partial charge in [0.15, 0.2) is 0 Å². The van der Waals surface area contributed by atoms with E-state index in [4.69, 9.17) is 5.11 Å². The normalized spacial score (nSPS) is 14.5. The van der Waals surface area contributed by atoms with E-state index in [-0.39, 0.29) is 18.4 Å². The summed E-state index contributed by atoms with van der Waals surface area (Å²) in [6, 6.07) is 7.36. The van der Waals surface area contributed by atoms with E-state index in [9.17, 15) is 14.4 Å². The van der Waals surface area contributed by atoms with Crippen LogP contribution in [-0.4, -0.2) is 47.4 Å². The Morgan fingerprint density at radius 3 is 2.52 bits per heavy atom. The molecule has 23 heavy (non-hydrogen) atoms. The highest BCUT2D eigenvalue weighted by atomic mass is 16.4. The number of aliphatic carboxylic acids is 1. The minimum Gasteiger partial charge on any atom is -0.480 e. The highest BCUT2D eigenvalue weighted by Gasteiger charge is 2.21. The molecule has 1 N–H and O–H groups in total. The summed E-state index contributed by atoms with van der Waals surface area (Å²) in [5.74, 6) is -1.24. The number of hydrogen-bond acceptors (Lipinski definition) is 3. The summed E-state index contributed by atoms with van der Waals surface area (Å²) >= 11 is 0. The molecule has 0 radical (unpaired) electrons. The van der Waals surface area contributed by atoms with E-state index in [2.05, 4.69) is 0 Å². The second kappa shape index (κ2) is 7.58. The summed E-state index contributed by atoms with van der Waals surface area (Å²) in [5.41, 5.74) is 1.68. The van der Waals surface area contributed by atoms with Crippen LogP contribution in [0.4, 0.5) is 5.69 Å². The molecule has 1 aromatic carbocycles. The summed E-state index contributed by atoms with van der Waals surface area (Å²) in [6.07, 6.45) is 4.48. The van der Waals surface area contributed by atoms with Crippen LogP contribution in [0.25, 0.3) is 6.08 Å². The molecule has 2 amide bonds. The van der Waals surface area contributed by atoms with Crippen LogP contribution in [0.15, 0.2) is 30.3 Å². The molecule has 2 rings (SSSR count). The standard InChI is InChI=1S/C17H20N2O4/c1-2-18(12-17(22)23)15(20)10-7-13-5-8-14(9-6-13)19-11-3-4-16(19)21/h5-10H,2-4,11-12H2,1H3,(H,22,23)/b10-7+. The second-order valence-electron chi connectivity index (χ2n) is 5.32.